The first-order valence-corrected chi connectivity index (χ1v) is 5.83. The molecule has 1 atom stereocenters. The zero-order valence-corrected chi connectivity index (χ0v) is 10.9. The van der Waals surface area contributed by atoms with Gasteiger partial charge in [-0.05, 0) is 11.6 Å². The van der Waals surface area contributed by atoms with E-state index in [1.165, 1.54) is 0 Å². The molecule has 18 heavy (non-hydrogen) atoms. The fourth-order valence-electron chi connectivity index (χ4n) is 1.58. The zero-order chi connectivity index (χ0) is 13.1. The summed E-state index contributed by atoms with van der Waals surface area (Å²) < 4.78 is 5.27. The average molecular weight is 269 g/mol. The Labute approximate surface area is 110 Å². The number of ether oxygens (including phenoxy) is 1. The highest BCUT2D eigenvalue weighted by Crippen LogP contribution is 2.17. The predicted octanol–water partition coefficient (Wildman–Crippen LogP) is 0.320. The summed E-state index contributed by atoms with van der Waals surface area (Å²) in [6.45, 7) is 1.54. The maximum absolute atomic E-state index is 8.86. The lowest BCUT2D eigenvalue weighted by molar-refractivity contribution is 0.0758. The van der Waals surface area contributed by atoms with Gasteiger partial charge in [0, 0.05) is 20.6 Å². The monoisotopic (exact) mass is 268 g/mol. The van der Waals surface area contributed by atoms with Gasteiger partial charge in [0.2, 0.25) is 17.2 Å². The Bertz CT molecular complexity index is 474. The highest BCUT2D eigenvalue weighted by atomic mass is 35.5. The van der Waals surface area contributed by atoms with Crippen LogP contribution in [0.4, 0.5) is 11.9 Å². The summed E-state index contributed by atoms with van der Waals surface area (Å²) in [5.74, 6) is 0.965. The van der Waals surface area contributed by atoms with Gasteiger partial charge >= 0.3 is 0 Å². The molecule has 0 spiro atoms. The van der Waals surface area contributed by atoms with Crippen LogP contribution in [0.3, 0.4) is 0 Å². The molecule has 1 aliphatic heterocycles. The first-order valence-electron chi connectivity index (χ1n) is 5.45. The fraction of sp³-hybridized carbons (Fsp3) is 0.600. The van der Waals surface area contributed by atoms with Gasteiger partial charge in [-0.3, -0.25) is 0 Å². The molecule has 1 saturated heterocycles. The number of hydrogen-bond donors (Lipinski definition) is 0. The number of morpholine rings is 1. The van der Waals surface area contributed by atoms with Gasteiger partial charge in [0.25, 0.3) is 0 Å². The molecule has 8 heteroatoms. The number of rotatable bonds is 2. The van der Waals surface area contributed by atoms with E-state index in [4.69, 9.17) is 21.6 Å². The molecule has 0 N–H and O–H groups in total. The summed E-state index contributed by atoms with van der Waals surface area (Å²) in [4.78, 5) is 16.0. The molecule has 96 valence electrons. The molecule has 1 unspecified atom stereocenters. The quantitative estimate of drug-likeness (QED) is 0.764. The SMILES string of the molecule is CN(C)c1nc(Cl)nc(N2CCOC(C#N)C2)n1. The van der Waals surface area contributed by atoms with Gasteiger partial charge in [0.15, 0.2) is 6.10 Å². The number of anilines is 2. The van der Waals surface area contributed by atoms with Crippen molar-refractivity contribution in [3.8, 4) is 6.07 Å². The van der Waals surface area contributed by atoms with E-state index in [0.29, 0.717) is 31.6 Å². The summed E-state index contributed by atoms with van der Waals surface area (Å²) in [5, 5.41) is 9.01. The number of halogens is 1. The van der Waals surface area contributed by atoms with Crippen LogP contribution >= 0.6 is 11.6 Å². The van der Waals surface area contributed by atoms with Crippen molar-refractivity contribution in [3.05, 3.63) is 5.28 Å². The molecule has 0 radical (unpaired) electrons. The van der Waals surface area contributed by atoms with Crippen LogP contribution in [-0.4, -0.2) is 54.8 Å². The highest BCUT2D eigenvalue weighted by Gasteiger charge is 2.23. The molecular weight excluding hydrogens is 256 g/mol. The summed E-state index contributed by atoms with van der Waals surface area (Å²) in [7, 11) is 3.65. The summed E-state index contributed by atoms with van der Waals surface area (Å²) in [5.41, 5.74) is 0. The molecule has 7 nitrogen and oxygen atoms in total. The minimum atomic E-state index is -0.461. The van der Waals surface area contributed by atoms with Crippen LogP contribution in [0, 0.1) is 11.3 Å². The van der Waals surface area contributed by atoms with E-state index in [-0.39, 0.29) is 5.28 Å². The third kappa shape index (κ3) is 2.78. The van der Waals surface area contributed by atoms with Gasteiger partial charge in [-0.25, -0.2) is 0 Å². The minimum absolute atomic E-state index is 0.142. The Hall–Kier alpha value is -1.65. The first kappa shape index (κ1) is 12.8. The van der Waals surface area contributed by atoms with Crippen LogP contribution in [-0.2, 0) is 4.74 Å². The van der Waals surface area contributed by atoms with E-state index in [2.05, 4.69) is 21.0 Å². The smallest absolute Gasteiger partial charge is 0.231 e. The van der Waals surface area contributed by atoms with Gasteiger partial charge in [-0.15, -0.1) is 0 Å². The molecule has 0 bridgehead atoms. The molecule has 1 aromatic rings. The Morgan fingerprint density at radius 2 is 2.22 bits per heavy atom. The maximum atomic E-state index is 8.86. The molecule has 0 saturated carbocycles. The molecule has 1 aliphatic rings. The van der Waals surface area contributed by atoms with Crippen LogP contribution in [0.2, 0.25) is 5.28 Å². The molecule has 0 aliphatic carbocycles. The van der Waals surface area contributed by atoms with Gasteiger partial charge in [0.05, 0.1) is 19.2 Å². The van der Waals surface area contributed by atoms with Crippen molar-refractivity contribution in [3.63, 3.8) is 0 Å². The Morgan fingerprint density at radius 3 is 2.89 bits per heavy atom. The van der Waals surface area contributed by atoms with Crippen molar-refractivity contribution in [1.82, 2.24) is 15.0 Å². The number of nitriles is 1. The van der Waals surface area contributed by atoms with Crippen LogP contribution < -0.4 is 9.80 Å². The summed E-state index contributed by atoms with van der Waals surface area (Å²) >= 11 is 5.87. The second-order valence-corrected chi connectivity index (χ2v) is 4.37. The van der Waals surface area contributed by atoms with E-state index < -0.39 is 6.10 Å². The van der Waals surface area contributed by atoms with Crippen LogP contribution in [0.1, 0.15) is 0 Å². The molecule has 1 aromatic heterocycles. The van der Waals surface area contributed by atoms with Crippen molar-refractivity contribution < 1.29 is 4.74 Å². The van der Waals surface area contributed by atoms with Gasteiger partial charge < -0.3 is 14.5 Å². The van der Waals surface area contributed by atoms with Crippen LogP contribution in [0.5, 0.6) is 0 Å². The number of aromatic nitrogens is 3. The van der Waals surface area contributed by atoms with Gasteiger partial charge in [0.1, 0.15) is 0 Å². The standard InChI is InChI=1S/C10H13ClN6O/c1-16(2)9-13-8(11)14-10(15-9)17-3-4-18-7(5-12)6-17/h7H,3-4,6H2,1-2H3. The molecule has 2 rings (SSSR count). The number of nitrogens with zero attached hydrogens (tertiary/aromatic N) is 6. The largest absolute Gasteiger partial charge is 0.360 e. The van der Waals surface area contributed by atoms with E-state index in [1.54, 1.807) is 4.90 Å². The van der Waals surface area contributed by atoms with E-state index in [0.717, 1.165) is 0 Å². The van der Waals surface area contributed by atoms with E-state index in [1.807, 2.05) is 19.0 Å². The third-order valence-corrected chi connectivity index (χ3v) is 2.65. The Balaban J connectivity index is 2.25. The lowest BCUT2D eigenvalue weighted by Crippen LogP contribution is -2.42. The zero-order valence-electron chi connectivity index (χ0n) is 10.2. The van der Waals surface area contributed by atoms with Crippen molar-refractivity contribution in [1.29, 1.82) is 5.26 Å². The molecule has 0 aromatic carbocycles. The van der Waals surface area contributed by atoms with E-state index >= 15 is 0 Å². The topological polar surface area (TPSA) is 78.2 Å². The fourth-order valence-corrected chi connectivity index (χ4v) is 1.73. The second-order valence-electron chi connectivity index (χ2n) is 4.03. The minimum Gasteiger partial charge on any atom is -0.360 e. The number of hydrogen-bond acceptors (Lipinski definition) is 7. The third-order valence-electron chi connectivity index (χ3n) is 2.48. The lowest BCUT2D eigenvalue weighted by Gasteiger charge is -2.29. The van der Waals surface area contributed by atoms with Crippen molar-refractivity contribution >= 4 is 23.5 Å². The molecular formula is C10H13ClN6O. The van der Waals surface area contributed by atoms with Crippen molar-refractivity contribution in [2.75, 3.05) is 43.6 Å². The summed E-state index contributed by atoms with van der Waals surface area (Å²) in [6, 6.07) is 2.08. The van der Waals surface area contributed by atoms with Crippen LogP contribution in [0.15, 0.2) is 0 Å². The van der Waals surface area contributed by atoms with Crippen LogP contribution in [0.25, 0.3) is 0 Å². The molecule has 0 amide bonds. The average Bonchev–Trinajstić information content (AvgIpc) is 2.38. The first-order chi connectivity index (χ1) is 8.60. The van der Waals surface area contributed by atoms with Gasteiger partial charge in [-0.1, -0.05) is 0 Å². The van der Waals surface area contributed by atoms with E-state index in [9.17, 15) is 0 Å². The van der Waals surface area contributed by atoms with Crippen molar-refractivity contribution in [2.45, 2.75) is 6.10 Å². The molecule has 1 fully saturated rings. The predicted molar refractivity (Wildman–Crippen MR) is 66.7 cm³/mol. The highest BCUT2D eigenvalue weighted by molar-refractivity contribution is 6.28. The Kier molecular flexibility index (Phi) is 3.79. The van der Waals surface area contributed by atoms with Crippen molar-refractivity contribution in [2.24, 2.45) is 0 Å². The second kappa shape index (κ2) is 5.33. The maximum Gasteiger partial charge on any atom is 0.231 e. The Morgan fingerprint density at radius 1 is 1.44 bits per heavy atom. The lowest BCUT2D eigenvalue weighted by atomic mass is 10.3. The normalized spacial score (nSPS) is 19.4. The molecule has 2 heterocycles. The van der Waals surface area contributed by atoms with Gasteiger partial charge in [-0.2, -0.15) is 20.2 Å². The summed E-state index contributed by atoms with van der Waals surface area (Å²) in [6.07, 6.45) is -0.461.